The predicted octanol–water partition coefficient (Wildman–Crippen LogP) is 2.64. The molecule has 0 bridgehead atoms. The Hall–Kier alpha value is -2.32. The van der Waals surface area contributed by atoms with Crippen molar-refractivity contribution in [2.24, 2.45) is 16.0 Å². The molecule has 0 saturated heterocycles. The summed E-state index contributed by atoms with van der Waals surface area (Å²) in [5.74, 6) is 2.24. The normalized spacial score (nSPS) is 12.4. The van der Waals surface area contributed by atoms with Gasteiger partial charge in [-0.25, -0.2) is 18.5 Å². The number of nitrogens with one attached hydrogen (secondary N) is 2. The summed E-state index contributed by atoms with van der Waals surface area (Å²) in [7, 11) is -3.68. The molecule has 0 aliphatic carbocycles. The van der Waals surface area contributed by atoms with Gasteiger partial charge in [-0.15, -0.1) is 0 Å². The van der Waals surface area contributed by atoms with Gasteiger partial charge in [-0.1, -0.05) is 38.8 Å². The molecule has 0 unspecified atom stereocenters. The van der Waals surface area contributed by atoms with Gasteiger partial charge in [-0.2, -0.15) is 0 Å². The molecule has 4 N–H and O–H groups in total. The molecule has 2 rings (SSSR count). The molecule has 0 saturated carbocycles. The highest BCUT2D eigenvalue weighted by molar-refractivity contribution is 7.89. The molecule has 1 heterocycles. The number of aliphatic imine (C=N–C) groups is 1. The lowest BCUT2D eigenvalue weighted by Gasteiger charge is -2.17. The van der Waals surface area contributed by atoms with Crippen molar-refractivity contribution in [3.05, 3.63) is 54.0 Å². The Morgan fingerprint density at radius 1 is 1.14 bits per heavy atom. The molecule has 0 radical (unpaired) electrons. The molecule has 0 fully saturated rings. The molecular weight excluding hydrogens is 376 g/mol. The fraction of sp³-hybridized carbons (Fsp3) is 0.450. The number of benzene rings is 1. The van der Waals surface area contributed by atoms with Crippen molar-refractivity contribution in [3.63, 3.8) is 0 Å². The van der Waals surface area contributed by atoms with Crippen LogP contribution in [0.3, 0.4) is 0 Å². The van der Waals surface area contributed by atoms with Crippen molar-refractivity contribution < 1.29 is 12.8 Å². The van der Waals surface area contributed by atoms with Gasteiger partial charge in [0.15, 0.2) is 5.96 Å². The fourth-order valence-corrected chi connectivity index (χ4v) is 3.22. The van der Waals surface area contributed by atoms with E-state index in [2.05, 4.69) is 29.5 Å². The first-order valence-corrected chi connectivity index (χ1v) is 11.1. The molecule has 1 aromatic carbocycles. The Labute approximate surface area is 167 Å². The lowest BCUT2D eigenvalue weighted by molar-refractivity contribution is 0.479. The Morgan fingerprint density at radius 2 is 1.86 bits per heavy atom. The van der Waals surface area contributed by atoms with Gasteiger partial charge in [0.1, 0.15) is 5.76 Å². The number of sulfonamides is 1. The molecule has 28 heavy (non-hydrogen) atoms. The monoisotopic (exact) mass is 406 g/mol. The summed E-state index contributed by atoms with van der Waals surface area (Å²) in [6.07, 6.45) is 4.65. The van der Waals surface area contributed by atoms with E-state index in [1.165, 1.54) is 12.1 Å². The number of furan rings is 1. The van der Waals surface area contributed by atoms with Gasteiger partial charge in [-0.3, -0.25) is 0 Å². The number of nitrogens with zero attached hydrogens (tertiary/aromatic N) is 1. The molecule has 0 aliphatic rings. The lowest BCUT2D eigenvalue weighted by Crippen LogP contribution is -2.40. The van der Waals surface area contributed by atoms with E-state index in [-0.39, 0.29) is 4.90 Å². The lowest BCUT2D eigenvalue weighted by atomic mass is 10.0. The van der Waals surface area contributed by atoms with E-state index < -0.39 is 10.0 Å². The summed E-state index contributed by atoms with van der Waals surface area (Å²) >= 11 is 0. The third-order valence-electron chi connectivity index (χ3n) is 4.63. The van der Waals surface area contributed by atoms with E-state index in [9.17, 15) is 8.42 Å². The minimum absolute atomic E-state index is 0.101. The molecular formula is C20H30N4O3S. The first kappa shape index (κ1) is 22.0. The highest BCUT2D eigenvalue weighted by Gasteiger charge is 2.08. The van der Waals surface area contributed by atoms with Crippen LogP contribution in [0, 0.1) is 5.92 Å². The number of rotatable bonds is 10. The van der Waals surface area contributed by atoms with Gasteiger partial charge < -0.3 is 15.1 Å². The standard InChI is InChI=1S/C20H30N4O3S/c1-3-16(4-2)14-23-20(22-12-11-18-6-5-13-27-18)24-15-17-7-9-19(10-8-17)28(21,25)26/h5-10,13,16H,3-4,11-12,14-15H2,1-2H3,(H2,21,25,26)(H2,22,23,24). The maximum Gasteiger partial charge on any atom is 0.238 e. The minimum Gasteiger partial charge on any atom is -0.469 e. The van der Waals surface area contributed by atoms with Crippen LogP contribution >= 0.6 is 0 Å². The number of guanidine groups is 1. The van der Waals surface area contributed by atoms with Crippen molar-refractivity contribution in [1.82, 2.24) is 10.6 Å². The van der Waals surface area contributed by atoms with Gasteiger partial charge in [0.2, 0.25) is 10.0 Å². The van der Waals surface area contributed by atoms with Crippen LogP contribution in [0.2, 0.25) is 0 Å². The zero-order valence-electron chi connectivity index (χ0n) is 16.5. The first-order valence-electron chi connectivity index (χ1n) is 9.58. The second kappa shape index (κ2) is 10.9. The molecule has 0 atom stereocenters. The summed E-state index contributed by atoms with van der Waals surface area (Å²) in [5, 5.41) is 11.9. The Bertz CT molecular complexity index is 827. The quantitative estimate of drug-likeness (QED) is 0.415. The van der Waals surface area contributed by atoms with E-state index in [0.717, 1.165) is 43.1 Å². The maximum atomic E-state index is 11.4. The van der Waals surface area contributed by atoms with Crippen LogP contribution in [-0.2, 0) is 23.0 Å². The smallest absolute Gasteiger partial charge is 0.238 e. The van der Waals surface area contributed by atoms with Crippen molar-refractivity contribution in [2.45, 2.75) is 44.6 Å². The van der Waals surface area contributed by atoms with Crippen LogP contribution in [0.1, 0.15) is 38.0 Å². The summed E-state index contributed by atoms with van der Waals surface area (Å²) in [6, 6.07) is 10.3. The van der Waals surface area contributed by atoms with E-state index in [1.54, 1.807) is 18.4 Å². The summed E-state index contributed by atoms with van der Waals surface area (Å²) in [6.45, 7) is 6.36. The fourth-order valence-electron chi connectivity index (χ4n) is 2.71. The van der Waals surface area contributed by atoms with E-state index in [0.29, 0.717) is 19.0 Å². The zero-order valence-corrected chi connectivity index (χ0v) is 17.3. The highest BCUT2D eigenvalue weighted by Crippen LogP contribution is 2.10. The van der Waals surface area contributed by atoms with Crippen molar-refractivity contribution >= 4 is 16.0 Å². The Morgan fingerprint density at radius 3 is 2.43 bits per heavy atom. The van der Waals surface area contributed by atoms with Gasteiger partial charge in [0.05, 0.1) is 17.7 Å². The third-order valence-corrected chi connectivity index (χ3v) is 5.56. The second-order valence-electron chi connectivity index (χ2n) is 6.67. The van der Waals surface area contributed by atoms with Crippen molar-refractivity contribution in [3.8, 4) is 0 Å². The van der Waals surface area contributed by atoms with Crippen LogP contribution < -0.4 is 15.8 Å². The largest absolute Gasteiger partial charge is 0.469 e. The SMILES string of the molecule is CCC(CC)CNC(=NCc1ccc(S(N)(=O)=O)cc1)NCCc1ccco1. The Balaban J connectivity index is 1.99. The molecule has 154 valence electrons. The molecule has 8 heteroatoms. The van der Waals surface area contributed by atoms with Crippen LogP contribution in [0.4, 0.5) is 0 Å². The van der Waals surface area contributed by atoms with Crippen LogP contribution in [0.25, 0.3) is 0 Å². The number of primary sulfonamides is 1. The second-order valence-corrected chi connectivity index (χ2v) is 8.23. The minimum atomic E-state index is -3.68. The number of hydrogen-bond acceptors (Lipinski definition) is 4. The zero-order chi connectivity index (χ0) is 20.4. The average Bonchev–Trinajstić information content (AvgIpc) is 3.19. The molecule has 0 spiro atoms. The average molecular weight is 407 g/mol. The van der Waals surface area contributed by atoms with Crippen molar-refractivity contribution in [2.75, 3.05) is 13.1 Å². The first-order chi connectivity index (χ1) is 13.4. The van der Waals surface area contributed by atoms with Gasteiger partial charge in [0, 0.05) is 19.5 Å². The summed E-state index contributed by atoms with van der Waals surface area (Å²) < 4.78 is 28.1. The van der Waals surface area contributed by atoms with Crippen LogP contribution in [0.15, 0.2) is 57.0 Å². The highest BCUT2D eigenvalue weighted by atomic mass is 32.2. The summed E-state index contributed by atoms with van der Waals surface area (Å²) in [5.41, 5.74) is 0.905. The topological polar surface area (TPSA) is 110 Å². The molecule has 0 amide bonds. The third kappa shape index (κ3) is 7.36. The predicted molar refractivity (Wildman–Crippen MR) is 111 cm³/mol. The molecule has 0 aliphatic heterocycles. The van der Waals surface area contributed by atoms with Gasteiger partial charge in [0.25, 0.3) is 0 Å². The molecule has 2 aromatic rings. The Kier molecular flexibility index (Phi) is 8.53. The van der Waals surface area contributed by atoms with Gasteiger partial charge in [-0.05, 0) is 35.7 Å². The van der Waals surface area contributed by atoms with Crippen LogP contribution in [0.5, 0.6) is 0 Å². The summed E-state index contributed by atoms with van der Waals surface area (Å²) in [4.78, 5) is 4.73. The van der Waals surface area contributed by atoms with E-state index >= 15 is 0 Å². The van der Waals surface area contributed by atoms with E-state index in [4.69, 9.17) is 9.56 Å². The molecule has 1 aromatic heterocycles. The van der Waals surface area contributed by atoms with E-state index in [1.807, 2.05) is 12.1 Å². The van der Waals surface area contributed by atoms with Crippen molar-refractivity contribution in [1.29, 1.82) is 0 Å². The van der Waals surface area contributed by atoms with Crippen LogP contribution in [-0.4, -0.2) is 27.5 Å². The maximum absolute atomic E-state index is 11.4. The molecule has 7 nitrogen and oxygen atoms in total. The number of hydrogen-bond donors (Lipinski definition) is 3. The number of nitrogens with two attached hydrogens (primary N) is 1. The van der Waals surface area contributed by atoms with Gasteiger partial charge >= 0.3 is 0 Å².